The molecule has 30 heavy (non-hydrogen) atoms. The Kier molecular flexibility index (Phi) is 6.30. The first-order valence-corrected chi connectivity index (χ1v) is 9.92. The van der Waals surface area contributed by atoms with E-state index in [1.165, 1.54) is 0 Å². The number of aromatic nitrogens is 1. The van der Waals surface area contributed by atoms with Gasteiger partial charge < -0.3 is 19.2 Å². The third kappa shape index (κ3) is 5.07. The second-order valence-corrected chi connectivity index (χ2v) is 8.51. The lowest BCUT2D eigenvalue weighted by atomic mass is 9.92. The van der Waals surface area contributed by atoms with Crippen molar-refractivity contribution in [1.82, 2.24) is 9.88 Å². The number of amides is 1. The number of thioether (sulfide) groups is 1. The van der Waals surface area contributed by atoms with Gasteiger partial charge in [-0.25, -0.2) is 4.79 Å². The molecule has 2 aliphatic rings. The van der Waals surface area contributed by atoms with Crippen LogP contribution in [0.2, 0.25) is 0 Å². The van der Waals surface area contributed by atoms with Crippen molar-refractivity contribution in [2.75, 3.05) is 18.8 Å². The fraction of sp³-hybridized carbons (Fsp3) is 0.421. The van der Waals surface area contributed by atoms with Crippen LogP contribution < -0.4 is 4.74 Å². The molecule has 2 saturated heterocycles. The molecule has 0 radical (unpaired) electrons. The van der Waals surface area contributed by atoms with E-state index < -0.39 is 12.1 Å². The second kappa shape index (κ2) is 8.58. The van der Waals surface area contributed by atoms with E-state index in [-0.39, 0.29) is 16.8 Å². The lowest BCUT2D eigenvalue weighted by Crippen LogP contribution is -2.60. The van der Waals surface area contributed by atoms with Gasteiger partial charge in [0.15, 0.2) is 5.76 Å². The first kappa shape index (κ1) is 22.0. The minimum Gasteiger partial charge on any atom is -0.488 e. The fourth-order valence-corrected chi connectivity index (χ4v) is 4.76. The Morgan fingerprint density at radius 1 is 1.37 bits per heavy atom. The van der Waals surface area contributed by atoms with E-state index >= 15 is 0 Å². The van der Waals surface area contributed by atoms with Gasteiger partial charge in [-0.3, -0.25) is 9.78 Å². The SMILES string of the molecule is Cc1ccoc1C(=O)N1CC2(CC(Oc3cccnc3)CS2)C1.O=C(O)C(F)(F)F. The number of carboxylic acids is 1. The molecule has 0 saturated carbocycles. The van der Waals surface area contributed by atoms with Gasteiger partial charge in [0, 0.05) is 37.0 Å². The van der Waals surface area contributed by atoms with Crippen LogP contribution in [0.4, 0.5) is 13.2 Å². The summed E-state index contributed by atoms with van der Waals surface area (Å²) in [5.74, 6) is -0.529. The van der Waals surface area contributed by atoms with Crippen molar-refractivity contribution < 1.29 is 37.0 Å². The number of rotatable bonds is 3. The number of pyridine rings is 1. The molecule has 2 aromatic rings. The molecule has 0 bridgehead atoms. The number of aryl methyl sites for hydroxylation is 1. The molecule has 1 unspecified atom stereocenters. The van der Waals surface area contributed by atoms with Crippen LogP contribution in [0.5, 0.6) is 5.75 Å². The number of furan rings is 1. The molecule has 0 aliphatic carbocycles. The molecule has 11 heteroatoms. The second-order valence-electron chi connectivity index (χ2n) is 7.02. The minimum atomic E-state index is -5.08. The lowest BCUT2D eigenvalue weighted by molar-refractivity contribution is -0.192. The zero-order chi connectivity index (χ0) is 21.9. The molecule has 2 aromatic heterocycles. The van der Waals surface area contributed by atoms with Crippen LogP contribution >= 0.6 is 11.8 Å². The van der Waals surface area contributed by atoms with Gasteiger partial charge in [0.1, 0.15) is 11.9 Å². The van der Waals surface area contributed by atoms with Gasteiger partial charge in [-0.2, -0.15) is 13.2 Å². The van der Waals surface area contributed by atoms with Crippen molar-refractivity contribution in [3.8, 4) is 5.75 Å². The van der Waals surface area contributed by atoms with Crippen LogP contribution in [0.3, 0.4) is 0 Å². The Morgan fingerprint density at radius 2 is 2.07 bits per heavy atom. The number of carbonyl (C=O) groups excluding carboxylic acids is 1. The number of carbonyl (C=O) groups is 2. The van der Waals surface area contributed by atoms with Gasteiger partial charge in [0.05, 0.1) is 17.2 Å². The molecule has 2 fully saturated rings. The van der Waals surface area contributed by atoms with Crippen molar-refractivity contribution in [3.63, 3.8) is 0 Å². The van der Waals surface area contributed by atoms with E-state index in [2.05, 4.69) is 4.98 Å². The smallest absolute Gasteiger partial charge is 0.488 e. The van der Waals surface area contributed by atoms with Crippen molar-refractivity contribution >= 4 is 23.6 Å². The van der Waals surface area contributed by atoms with Crippen LogP contribution in [-0.2, 0) is 4.79 Å². The van der Waals surface area contributed by atoms with Gasteiger partial charge in [0.2, 0.25) is 0 Å². The highest BCUT2D eigenvalue weighted by Gasteiger charge is 2.51. The van der Waals surface area contributed by atoms with E-state index in [0.29, 0.717) is 5.76 Å². The van der Waals surface area contributed by atoms with Gasteiger partial charge in [-0.15, -0.1) is 11.8 Å². The van der Waals surface area contributed by atoms with Gasteiger partial charge in [-0.1, -0.05) is 0 Å². The molecule has 162 valence electrons. The molecule has 0 aromatic carbocycles. The largest absolute Gasteiger partial charge is 0.490 e. The highest BCUT2D eigenvalue weighted by Crippen LogP contribution is 2.46. The van der Waals surface area contributed by atoms with E-state index in [1.807, 2.05) is 41.8 Å². The summed E-state index contributed by atoms with van der Waals surface area (Å²) >= 11 is 1.91. The Bertz CT molecular complexity index is 897. The maximum atomic E-state index is 12.4. The average molecular weight is 444 g/mol. The summed E-state index contributed by atoms with van der Waals surface area (Å²) in [5.41, 5.74) is 0.896. The summed E-state index contributed by atoms with van der Waals surface area (Å²) < 4.78 is 43.2. The maximum absolute atomic E-state index is 12.4. The molecule has 1 N–H and O–H groups in total. The van der Waals surface area contributed by atoms with Gasteiger partial charge in [0.25, 0.3) is 5.91 Å². The van der Waals surface area contributed by atoms with Crippen LogP contribution in [0.25, 0.3) is 0 Å². The van der Waals surface area contributed by atoms with Crippen molar-refractivity contribution in [1.29, 1.82) is 0 Å². The van der Waals surface area contributed by atoms with Gasteiger partial charge >= 0.3 is 12.1 Å². The van der Waals surface area contributed by atoms with E-state index in [9.17, 15) is 18.0 Å². The zero-order valence-corrected chi connectivity index (χ0v) is 16.7. The van der Waals surface area contributed by atoms with Crippen molar-refractivity contribution in [3.05, 3.63) is 48.2 Å². The number of nitrogens with zero attached hydrogens (tertiary/aromatic N) is 2. The quantitative estimate of drug-likeness (QED) is 0.776. The molecule has 1 amide bonds. The molecule has 1 spiro atoms. The molecule has 2 aliphatic heterocycles. The van der Waals surface area contributed by atoms with Crippen LogP contribution in [0.15, 0.2) is 41.3 Å². The molecule has 7 nitrogen and oxygen atoms in total. The Morgan fingerprint density at radius 3 is 2.60 bits per heavy atom. The lowest BCUT2D eigenvalue weighted by Gasteiger charge is -2.47. The van der Waals surface area contributed by atoms with Crippen LogP contribution in [0.1, 0.15) is 22.5 Å². The monoisotopic (exact) mass is 444 g/mol. The predicted molar refractivity (Wildman–Crippen MR) is 101 cm³/mol. The highest BCUT2D eigenvalue weighted by molar-refractivity contribution is 8.01. The third-order valence-corrected chi connectivity index (χ3v) is 6.23. The van der Waals surface area contributed by atoms with Crippen LogP contribution in [0, 0.1) is 6.92 Å². The first-order chi connectivity index (χ1) is 14.1. The summed E-state index contributed by atoms with van der Waals surface area (Å²) in [6.45, 7) is 3.43. The third-order valence-electron chi connectivity index (χ3n) is 4.66. The average Bonchev–Trinajstić information content (AvgIpc) is 3.27. The summed E-state index contributed by atoms with van der Waals surface area (Å²) in [5, 5.41) is 7.12. The Hall–Kier alpha value is -2.69. The molecular formula is C19H19F3N2O5S. The highest BCUT2D eigenvalue weighted by atomic mass is 32.2. The molecule has 1 atom stereocenters. The number of hydrogen-bond acceptors (Lipinski definition) is 6. The number of hydrogen-bond donors (Lipinski definition) is 1. The minimum absolute atomic E-state index is 0.00430. The predicted octanol–water partition coefficient (Wildman–Crippen LogP) is 3.40. The Labute approximate surface area is 174 Å². The normalized spacial score (nSPS) is 19.6. The number of likely N-dealkylation sites (tertiary alicyclic amines) is 1. The fourth-order valence-electron chi connectivity index (χ4n) is 3.24. The van der Waals surface area contributed by atoms with E-state index in [4.69, 9.17) is 19.1 Å². The first-order valence-electron chi connectivity index (χ1n) is 8.94. The van der Waals surface area contributed by atoms with E-state index in [0.717, 1.165) is 36.6 Å². The topological polar surface area (TPSA) is 92.9 Å². The molecular weight excluding hydrogens is 425 g/mol. The maximum Gasteiger partial charge on any atom is 0.490 e. The molecule has 4 heterocycles. The number of alkyl halides is 3. The summed E-state index contributed by atoms with van der Waals surface area (Å²) in [4.78, 5) is 27.2. The summed E-state index contributed by atoms with van der Waals surface area (Å²) in [6, 6.07) is 5.63. The summed E-state index contributed by atoms with van der Waals surface area (Å²) in [6.07, 6.45) is 1.12. The van der Waals surface area contributed by atoms with E-state index in [1.54, 1.807) is 18.7 Å². The zero-order valence-electron chi connectivity index (χ0n) is 15.9. The van der Waals surface area contributed by atoms with Crippen LogP contribution in [-0.4, -0.2) is 62.7 Å². The number of halogens is 3. The van der Waals surface area contributed by atoms with Crippen molar-refractivity contribution in [2.45, 2.75) is 30.4 Å². The summed E-state index contributed by atoms with van der Waals surface area (Å²) in [7, 11) is 0. The number of carboxylic acid groups (broad SMARTS) is 1. The Balaban J connectivity index is 0.000000318. The standard InChI is InChI=1S/C17H18N2O3S.C2HF3O2/c1-12-4-6-21-15(12)16(20)19-10-17(11-19)7-14(9-23-17)22-13-3-2-5-18-8-13;3-2(4,5)1(6)7/h2-6,8,14H,7,9-11H2,1H3;(H,6,7). The van der Waals surface area contributed by atoms with Crippen molar-refractivity contribution in [2.24, 2.45) is 0 Å². The number of ether oxygens (including phenoxy) is 1. The van der Waals surface area contributed by atoms with Gasteiger partial charge in [-0.05, 0) is 25.1 Å². The molecule has 4 rings (SSSR count). The number of aliphatic carboxylic acids is 1.